The van der Waals surface area contributed by atoms with Gasteiger partial charge in [-0.3, -0.25) is 4.79 Å². The van der Waals surface area contributed by atoms with Crippen LogP contribution >= 0.6 is 0 Å². The molecule has 1 rings (SSSR count). The van der Waals surface area contributed by atoms with E-state index >= 15 is 0 Å². The summed E-state index contributed by atoms with van der Waals surface area (Å²) >= 11 is 0. The van der Waals surface area contributed by atoms with E-state index in [1.807, 2.05) is 4.90 Å². The molecule has 76 valence electrons. The van der Waals surface area contributed by atoms with Crippen molar-refractivity contribution in [1.29, 1.82) is 0 Å². The molecule has 0 aromatic carbocycles. The van der Waals surface area contributed by atoms with Gasteiger partial charge in [-0.25, -0.2) is 0 Å². The molecule has 1 fully saturated rings. The number of hydrogen-bond donors (Lipinski definition) is 1. The second-order valence-corrected chi connectivity index (χ2v) is 3.76. The first-order chi connectivity index (χ1) is 6.25. The third kappa shape index (κ3) is 2.99. The minimum absolute atomic E-state index is 0.197. The van der Waals surface area contributed by atoms with E-state index in [2.05, 4.69) is 6.92 Å². The summed E-state index contributed by atoms with van der Waals surface area (Å²) in [7, 11) is 0. The van der Waals surface area contributed by atoms with Crippen molar-refractivity contribution < 1.29 is 9.90 Å². The van der Waals surface area contributed by atoms with Gasteiger partial charge < -0.3 is 10.0 Å². The van der Waals surface area contributed by atoms with Gasteiger partial charge >= 0.3 is 0 Å². The molecule has 1 saturated heterocycles. The number of aliphatic hydroxyl groups is 1. The van der Waals surface area contributed by atoms with Gasteiger partial charge in [0.05, 0.1) is 0 Å². The molecule has 1 amide bonds. The van der Waals surface area contributed by atoms with Crippen molar-refractivity contribution in [3.63, 3.8) is 0 Å². The van der Waals surface area contributed by atoms with Crippen LogP contribution in [-0.4, -0.2) is 35.1 Å². The molecule has 3 nitrogen and oxygen atoms in total. The monoisotopic (exact) mass is 185 g/mol. The van der Waals surface area contributed by atoms with Crippen molar-refractivity contribution in [2.24, 2.45) is 0 Å². The molecule has 1 aliphatic heterocycles. The summed E-state index contributed by atoms with van der Waals surface area (Å²) in [4.78, 5) is 13.5. The van der Waals surface area contributed by atoms with Gasteiger partial charge in [-0.15, -0.1) is 0 Å². The molecule has 13 heavy (non-hydrogen) atoms. The van der Waals surface area contributed by atoms with Crippen molar-refractivity contribution in [2.75, 3.05) is 13.2 Å². The fourth-order valence-corrected chi connectivity index (χ4v) is 1.84. The van der Waals surface area contributed by atoms with Crippen molar-refractivity contribution in [1.82, 2.24) is 4.90 Å². The molecule has 1 unspecified atom stereocenters. The molecule has 0 spiro atoms. The van der Waals surface area contributed by atoms with Crippen molar-refractivity contribution >= 4 is 5.91 Å². The van der Waals surface area contributed by atoms with Crippen LogP contribution in [0.4, 0.5) is 0 Å². The van der Waals surface area contributed by atoms with E-state index in [4.69, 9.17) is 5.11 Å². The number of unbranched alkanes of at least 4 members (excludes halogenated alkanes) is 1. The highest BCUT2D eigenvalue weighted by atomic mass is 16.3. The lowest BCUT2D eigenvalue weighted by Crippen LogP contribution is -2.33. The maximum atomic E-state index is 11.6. The largest absolute Gasteiger partial charge is 0.396 e. The number of likely N-dealkylation sites (tertiary alicyclic amines) is 1. The first-order valence-electron chi connectivity index (χ1n) is 5.16. The highest BCUT2D eigenvalue weighted by Crippen LogP contribution is 2.17. The Kier molecular flexibility index (Phi) is 4.22. The highest BCUT2D eigenvalue weighted by Gasteiger charge is 2.23. The van der Waals surface area contributed by atoms with Gasteiger partial charge in [0.25, 0.3) is 0 Å². The SMILES string of the molecule is CC1CCCN1C(=O)CCCCO. The quantitative estimate of drug-likeness (QED) is 0.668. The van der Waals surface area contributed by atoms with E-state index in [9.17, 15) is 4.79 Å². The van der Waals surface area contributed by atoms with Crippen LogP contribution in [0.1, 0.15) is 39.0 Å². The number of rotatable bonds is 4. The average molecular weight is 185 g/mol. The van der Waals surface area contributed by atoms with Crippen LogP contribution in [-0.2, 0) is 4.79 Å². The number of carbonyl (C=O) groups excluding carboxylic acids is 1. The predicted molar refractivity (Wildman–Crippen MR) is 51.3 cm³/mol. The molecular formula is C10H19NO2. The Morgan fingerprint density at radius 1 is 1.54 bits per heavy atom. The Labute approximate surface area is 79.7 Å². The summed E-state index contributed by atoms with van der Waals surface area (Å²) in [5.41, 5.74) is 0. The summed E-state index contributed by atoms with van der Waals surface area (Å²) in [6.45, 7) is 3.24. The molecule has 3 heteroatoms. The van der Waals surface area contributed by atoms with Gasteiger partial charge in [-0.1, -0.05) is 0 Å². The van der Waals surface area contributed by atoms with Crippen LogP contribution in [0.25, 0.3) is 0 Å². The molecule has 0 radical (unpaired) electrons. The standard InChI is InChI=1S/C10H19NO2/c1-9-5-4-7-11(9)10(13)6-2-3-8-12/h9,12H,2-8H2,1H3. The summed E-state index contributed by atoms with van der Waals surface area (Å²) < 4.78 is 0. The van der Waals surface area contributed by atoms with Crippen molar-refractivity contribution in [2.45, 2.75) is 45.1 Å². The molecule has 0 aromatic rings. The third-order valence-corrected chi connectivity index (χ3v) is 2.67. The van der Waals surface area contributed by atoms with E-state index in [0.717, 1.165) is 32.2 Å². The lowest BCUT2D eigenvalue weighted by molar-refractivity contribution is -0.131. The van der Waals surface area contributed by atoms with E-state index in [1.54, 1.807) is 0 Å². The molecule has 1 atom stereocenters. The van der Waals surface area contributed by atoms with Crippen molar-refractivity contribution in [3.8, 4) is 0 Å². The number of carbonyl (C=O) groups is 1. The zero-order valence-corrected chi connectivity index (χ0v) is 8.33. The van der Waals surface area contributed by atoms with E-state index < -0.39 is 0 Å². The lowest BCUT2D eigenvalue weighted by Gasteiger charge is -2.21. The Bertz CT molecular complexity index is 170. The molecule has 1 aliphatic rings. The molecular weight excluding hydrogens is 166 g/mol. The molecule has 1 heterocycles. The van der Waals surface area contributed by atoms with Gasteiger partial charge in [0, 0.05) is 25.6 Å². The first kappa shape index (κ1) is 10.5. The molecule has 0 aromatic heterocycles. The third-order valence-electron chi connectivity index (χ3n) is 2.67. The van der Waals surface area contributed by atoms with Crippen LogP contribution in [0, 0.1) is 0 Å². The normalized spacial score (nSPS) is 22.3. The summed E-state index contributed by atoms with van der Waals surface area (Å²) in [6, 6.07) is 0.432. The molecule has 0 aliphatic carbocycles. The smallest absolute Gasteiger partial charge is 0.222 e. The number of amides is 1. The van der Waals surface area contributed by atoms with Crippen LogP contribution in [0.3, 0.4) is 0 Å². The minimum Gasteiger partial charge on any atom is -0.396 e. The van der Waals surface area contributed by atoms with Gasteiger partial charge in [-0.2, -0.15) is 0 Å². The first-order valence-corrected chi connectivity index (χ1v) is 5.16. The summed E-state index contributed by atoms with van der Waals surface area (Å²) in [5.74, 6) is 0.262. The second kappa shape index (κ2) is 5.22. The van der Waals surface area contributed by atoms with Crippen molar-refractivity contribution in [3.05, 3.63) is 0 Å². The van der Waals surface area contributed by atoms with Crippen LogP contribution in [0.5, 0.6) is 0 Å². The van der Waals surface area contributed by atoms with Gasteiger partial charge in [-0.05, 0) is 32.6 Å². The van der Waals surface area contributed by atoms with Crippen LogP contribution in [0.2, 0.25) is 0 Å². The van der Waals surface area contributed by atoms with Gasteiger partial charge in [0.2, 0.25) is 5.91 Å². The zero-order valence-electron chi connectivity index (χ0n) is 8.33. The Morgan fingerprint density at radius 3 is 2.85 bits per heavy atom. The highest BCUT2D eigenvalue weighted by molar-refractivity contribution is 5.76. The van der Waals surface area contributed by atoms with E-state index in [1.165, 1.54) is 0 Å². The fraction of sp³-hybridized carbons (Fsp3) is 0.900. The number of aliphatic hydroxyl groups excluding tert-OH is 1. The Balaban J connectivity index is 2.22. The molecule has 0 saturated carbocycles. The van der Waals surface area contributed by atoms with Crippen LogP contribution in [0.15, 0.2) is 0 Å². The molecule has 0 bridgehead atoms. The maximum absolute atomic E-state index is 11.6. The lowest BCUT2D eigenvalue weighted by atomic mass is 10.2. The fourth-order valence-electron chi connectivity index (χ4n) is 1.84. The second-order valence-electron chi connectivity index (χ2n) is 3.76. The predicted octanol–water partition coefficient (Wildman–Crippen LogP) is 1.16. The van der Waals surface area contributed by atoms with E-state index in [0.29, 0.717) is 12.5 Å². The number of hydrogen-bond acceptors (Lipinski definition) is 2. The van der Waals surface area contributed by atoms with Gasteiger partial charge in [0.1, 0.15) is 0 Å². The summed E-state index contributed by atoms with van der Waals surface area (Å²) in [6.07, 6.45) is 4.45. The number of nitrogens with zero attached hydrogens (tertiary/aromatic N) is 1. The molecule has 1 N–H and O–H groups in total. The maximum Gasteiger partial charge on any atom is 0.222 e. The zero-order chi connectivity index (χ0) is 9.68. The Hall–Kier alpha value is -0.570. The minimum atomic E-state index is 0.197. The topological polar surface area (TPSA) is 40.5 Å². The average Bonchev–Trinajstić information content (AvgIpc) is 2.52. The van der Waals surface area contributed by atoms with Gasteiger partial charge in [0.15, 0.2) is 0 Å². The van der Waals surface area contributed by atoms with Crippen LogP contribution < -0.4 is 0 Å². The summed E-state index contributed by atoms with van der Waals surface area (Å²) in [5, 5.41) is 8.57. The van der Waals surface area contributed by atoms with E-state index in [-0.39, 0.29) is 12.5 Å². The Morgan fingerprint density at radius 2 is 2.31 bits per heavy atom.